The van der Waals surface area contributed by atoms with E-state index in [1.165, 1.54) is 0 Å². The SMILES string of the molecule is [Co+2].[Co+2].[La+3].[La+3].[Ni+2].[Ni+2].[O-2].[O-2].[O-2].[O-2].[O-2].[O-2].[O-2]. The summed E-state index contributed by atoms with van der Waals surface area (Å²) in [5.74, 6) is 0. The third kappa shape index (κ3) is 190. The van der Waals surface area contributed by atoms with Crippen LogP contribution < -0.4 is 0 Å². The van der Waals surface area contributed by atoms with Crippen LogP contribution in [0, 0.1) is 71.2 Å². The molecular weight excluding hydrogens is 625 g/mol. The van der Waals surface area contributed by atoms with Gasteiger partial charge in [0.1, 0.15) is 0 Å². The normalized spacial score (nSPS) is 0. The van der Waals surface area contributed by atoms with E-state index in [0.717, 1.165) is 0 Å². The van der Waals surface area contributed by atoms with Crippen LogP contribution in [0.2, 0.25) is 0 Å². The van der Waals surface area contributed by atoms with Crippen molar-refractivity contribution < 1.29 is 176 Å². The minimum Gasteiger partial charge on any atom is -2.00 e. The molecule has 0 aliphatic carbocycles. The van der Waals surface area contributed by atoms with E-state index in [1.54, 1.807) is 0 Å². The van der Waals surface area contributed by atoms with Gasteiger partial charge in [0, 0.05) is 0 Å². The van der Waals surface area contributed by atoms with E-state index < -0.39 is 0 Å². The zero-order chi connectivity index (χ0) is 0. The maximum absolute atomic E-state index is 0. The average Bonchev–Trinajstić information content (AvgIpc) is 0. The quantitative estimate of drug-likeness (QED) is 0.303. The molecule has 0 saturated carbocycles. The zero-order valence-electron chi connectivity index (χ0n) is 5.31. The molecule has 0 aromatic rings. The summed E-state index contributed by atoms with van der Waals surface area (Å²) in [4.78, 5) is 0. The van der Waals surface area contributed by atoms with E-state index in [-0.39, 0.29) is 176 Å². The Morgan fingerprint density at radius 2 is 0.308 bits per heavy atom. The number of hydrogen-bond donors (Lipinski definition) is 0. The van der Waals surface area contributed by atoms with Gasteiger partial charge in [0.2, 0.25) is 0 Å². The fourth-order valence-corrected chi connectivity index (χ4v) is 0. The summed E-state index contributed by atoms with van der Waals surface area (Å²) < 4.78 is 0. The molecule has 0 aromatic heterocycles. The van der Waals surface area contributed by atoms with E-state index in [9.17, 15) is 0 Å². The first-order valence-electron chi connectivity index (χ1n) is 0. The predicted octanol–water partition coefficient (Wildman–Crippen LogP) is -0.842. The van der Waals surface area contributed by atoms with Crippen molar-refractivity contribution in [3.05, 3.63) is 0 Å². The summed E-state index contributed by atoms with van der Waals surface area (Å²) in [5, 5.41) is 0. The van der Waals surface area contributed by atoms with Crippen molar-refractivity contribution >= 4 is 0 Å². The van der Waals surface area contributed by atoms with Crippen molar-refractivity contribution in [2.45, 2.75) is 0 Å². The summed E-state index contributed by atoms with van der Waals surface area (Å²) in [6, 6.07) is 0. The van der Waals surface area contributed by atoms with Gasteiger partial charge in [-0.1, -0.05) is 0 Å². The van der Waals surface area contributed by atoms with Gasteiger partial charge in [-0.05, 0) is 0 Å². The molecule has 13 heteroatoms. The Labute approximate surface area is 173 Å². The van der Waals surface area contributed by atoms with Crippen LogP contribution in [0.5, 0.6) is 0 Å². The first-order valence-corrected chi connectivity index (χ1v) is 0. The molecule has 0 heterocycles. The largest absolute Gasteiger partial charge is 3.00 e. The van der Waals surface area contributed by atoms with Gasteiger partial charge in [0.05, 0.1) is 0 Å². The molecule has 0 bridgehead atoms. The first-order chi connectivity index (χ1) is 0. The molecular formula is Co2La2Ni2O7. The van der Waals surface area contributed by atoms with Gasteiger partial charge in [0.25, 0.3) is 0 Å². The average molecular weight is 625 g/mol. The third-order valence-corrected chi connectivity index (χ3v) is 0. The second-order valence-corrected chi connectivity index (χ2v) is 0. The van der Waals surface area contributed by atoms with Gasteiger partial charge in [-0.25, -0.2) is 0 Å². The monoisotopic (exact) mass is 624 g/mol. The van der Waals surface area contributed by atoms with Crippen LogP contribution in [-0.2, 0) is 105 Å². The number of rotatable bonds is 0. The van der Waals surface area contributed by atoms with Crippen LogP contribution in [-0.4, -0.2) is 0 Å². The molecule has 0 N–H and O–H groups in total. The van der Waals surface area contributed by atoms with Crippen LogP contribution in [0.15, 0.2) is 0 Å². The van der Waals surface area contributed by atoms with Crippen molar-refractivity contribution in [2.75, 3.05) is 0 Å². The first kappa shape index (κ1) is 263. The Morgan fingerprint density at radius 1 is 0.308 bits per heavy atom. The Kier molecular flexibility index (Phi) is 4400. The molecule has 0 aliphatic heterocycles. The second kappa shape index (κ2) is 218. The zero-order valence-corrected chi connectivity index (χ0v) is 16.6. The van der Waals surface area contributed by atoms with Crippen molar-refractivity contribution in [1.82, 2.24) is 0 Å². The molecule has 0 fully saturated rings. The smallest absolute Gasteiger partial charge is 2.00 e. The van der Waals surface area contributed by atoms with Crippen LogP contribution >= 0.6 is 0 Å². The fraction of sp³-hybridized carbons (Fsp3) is 0. The Hall–Kier alpha value is 4.11. The summed E-state index contributed by atoms with van der Waals surface area (Å²) in [6.45, 7) is 0. The minimum absolute atomic E-state index is 0. The summed E-state index contributed by atoms with van der Waals surface area (Å²) in [5.41, 5.74) is 0. The van der Waals surface area contributed by atoms with Gasteiger partial charge >= 0.3 is 138 Å². The van der Waals surface area contributed by atoms with Crippen LogP contribution in [0.1, 0.15) is 0 Å². The van der Waals surface area contributed by atoms with E-state index in [1.807, 2.05) is 0 Å². The van der Waals surface area contributed by atoms with E-state index in [2.05, 4.69) is 0 Å². The summed E-state index contributed by atoms with van der Waals surface area (Å²) in [7, 11) is 0. The van der Waals surface area contributed by atoms with Crippen LogP contribution in [0.4, 0.5) is 0 Å². The van der Waals surface area contributed by atoms with Crippen LogP contribution in [0.25, 0.3) is 0 Å². The summed E-state index contributed by atoms with van der Waals surface area (Å²) in [6.07, 6.45) is 0. The molecule has 2 radical (unpaired) electrons. The van der Waals surface area contributed by atoms with E-state index in [0.29, 0.717) is 0 Å². The third-order valence-electron chi connectivity index (χ3n) is 0. The molecule has 86 valence electrons. The molecule has 0 atom stereocenters. The molecule has 0 amide bonds. The van der Waals surface area contributed by atoms with Crippen molar-refractivity contribution in [3.63, 3.8) is 0 Å². The molecule has 0 aromatic carbocycles. The van der Waals surface area contributed by atoms with Crippen LogP contribution in [0.3, 0.4) is 0 Å². The topological polar surface area (TPSA) is 200 Å². The van der Waals surface area contributed by atoms with Gasteiger partial charge in [-0.2, -0.15) is 0 Å². The maximum Gasteiger partial charge on any atom is 3.00 e. The minimum atomic E-state index is 0. The van der Waals surface area contributed by atoms with Crippen molar-refractivity contribution in [2.24, 2.45) is 0 Å². The Morgan fingerprint density at radius 3 is 0.308 bits per heavy atom. The molecule has 0 unspecified atom stereocenters. The van der Waals surface area contributed by atoms with E-state index >= 15 is 0 Å². The van der Waals surface area contributed by atoms with Crippen molar-refractivity contribution in [1.29, 1.82) is 0 Å². The molecule has 7 nitrogen and oxygen atoms in total. The van der Waals surface area contributed by atoms with Gasteiger partial charge < -0.3 is 38.3 Å². The van der Waals surface area contributed by atoms with Gasteiger partial charge in [-0.3, -0.25) is 0 Å². The molecule has 13 heavy (non-hydrogen) atoms. The standard InChI is InChI=1S/2Co.2La.2Ni.7O/q2*+2;2*+3;2*+2;7*-2. The molecule has 0 aliphatic rings. The molecule has 0 spiro atoms. The molecule has 0 rings (SSSR count). The van der Waals surface area contributed by atoms with Crippen molar-refractivity contribution in [3.8, 4) is 0 Å². The summed E-state index contributed by atoms with van der Waals surface area (Å²) >= 11 is 0. The second-order valence-electron chi connectivity index (χ2n) is 0. The maximum atomic E-state index is 0. The van der Waals surface area contributed by atoms with Gasteiger partial charge in [-0.15, -0.1) is 0 Å². The Bertz CT molecular complexity index is 22.5. The number of hydrogen-bond acceptors (Lipinski definition) is 0. The fourth-order valence-electron chi connectivity index (χ4n) is 0. The molecule has 0 saturated heterocycles. The Balaban J connectivity index is 0. The van der Waals surface area contributed by atoms with E-state index in [4.69, 9.17) is 0 Å². The predicted molar refractivity (Wildman–Crippen MR) is 4.81 cm³/mol. The van der Waals surface area contributed by atoms with Gasteiger partial charge in [0.15, 0.2) is 0 Å².